The zero-order valence-electron chi connectivity index (χ0n) is 5.46. The largest absolute Gasteiger partial charge is 0.377 e. The van der Waals surface area contributed by atoms with Crippen molar-refractivity contribution in [1.29, 1.82) is 0 Å². The molecule has 0 aliphatic rings. The molecule has 0 aromatic heterocycles. The predicted octanol–water partition coefficient (Wildman–Crippen LogP) is -1.16. The summed E-state index contributed by atoms with van der Waals surface area (Å²) in [6.45, 7) is 1.51. The van der Waals surface area contributed by atoms with Crippen molar-refractivity contribution in [2.45, 2.75) is 13.2 Å². The first-order valence-corrected chi connectivity index (χ1v) is 2.51. The fourth-order valence-corrected chi connectivity index (χ4v) is 0.267. The van der Waals surface area contributed by atoms with Gasteiger partial charge in [0.25, 0.3) is 0 Å². The van der Waals surface area contributed by atoms with Crippen molar-refractivity contribution in [3.8, 4) is 0 Å². The van der Waals surface area contributed by atoms with Gasteiger partial charge in [0.2, 0.25) is 0 Å². The Morgan fingerprint density at radius 1 is 1.89 bits per heavy atom. The van der Waals surface area contributed by atoms with Crippen LogP contribution in [0.4, 0.5) is 4.79 Å². The van der Waals surface area contributed by atoms with Crippen LogP contribution in [-0.2, 0) is 0 Å². The quantitative estimate of drug-likeness (QED) is 0.328. The van der Waals surface area contributed by atoms with Gasteiger partial charge in [0, 0.05) is 7.05 Å². The van der Waals surface area contributed by atoms with Crippen LogP contribution in [0.5, 0.6) is 0 Å². The molecule has 0 aromatic carbocycles. The van der Waals surface area contributed by atoms with Crippen molar-refractivity contribution in [1.82, 2.24) is 10.4 Å². The Labute approximate surface area is 53.4 Å². The van der Waals surface area contributed by atoms with E-state index < -0.39 is 12.3 Å². The Balaban J connectivity index is 3.50. The van der Waals surface area contributed by atoms with Crippen molar-refractivity contribution in [2.24, 2.45) is 5.73 Å². The zero-order valence-corrected chi connectivity index (χ0v) is 5.46. The average molecular weight is 133 g/mol. The molecule has 1 atom stereocenters. The highest BCUT2D eigenvalue weighted by Crippen LogP contribution is 1.81. The van der Waals surface area contributed by atoms with Crippen LogP contribution in [0, 0.1) is 0 Å². The van der Waals surface area contributed by atoms with Crippen molar-refractivity contribution in [3.05, 3.63) is 0 Å². The summed E-state index contributed by atoms with van der Waals surface area (Å²) >= 11 is 0. The SMILES string of the molecule is CC(O)N(C)NC(N)=O. The zero-order chi connectivity index (χ0) is 7.44. The van der Waals surface area contributed by atoms with Gasteiger partial charge >= 0.3 is 6.03 Å². The Kier molecular flexibility index (Phi) is 2.97. The minimum atomic E-state index is -0.725. The molecule has 0 aromatic rings. The maximum atomic E-state index is 10.1. The molecule has 0 aliphatic carbocycles. The highest BCUT2D eigenvalue weighted by Gasteiger charge is 2.03. The van der Waals surface area contributed by atoms with E-state index in [1.807, 2.05) is 0 Å². The first-order chi connectivity index (χ1) is 4.04. The van der Waals surface area contributed by atoms with Gasteiger partial charge < -0.3 is 10.8 Å². The van der Waals surface area contributed by atoms with E-state index in [1.165, 1.54) is 19.0 Å². The molecule has 5 heteroatoms. The van der Waals surface area contributed by atoms with Crippen LogP contribution in [0.2, 0.25) is 0 Å². The van der Waals surface area contributed by atoms with Gasteiger partial charge in [-0.25, -0.2) is 4.79 Å². The lowest BCUT2D eigenvalue weighted by molar-refractivity contribution is 0.0130. The fraction of sp³-hybridized carbons (Fsp3) is 0.750. The lowest BCUT2D eigenvalue weighted by Crippen LogP contribution is -2.46. The van der Waals surface area contributed by atoms with Gasteiger partial charge in [-0.3, -0.25) is 5.43 Å². The standard InChI is InChI=1S/C4H11N3O2/c1-3(8)7(2)6-4(5)9/h3,8H,1-2H3,(H3,5,6,9). The number of hydrogen-bond acceptors (Lipinski definition) is 3. The van der Waals surface area contributed by atoms with Gasteiger partial charge in [0.1, 0.15) is 6.23 Å². The van der Waals surface area contributed by atoms with Crippen molar-refractivity contribution < 1.29 is 9.90 Å². The molecular weight excluding hydrogens is 122 g/mol. The molecule has 0 rings (SSSR count). The number of nitrogens with one attached hydrogen (secondary N) is 1. The Morgan fingerprint density at radius 2 is 2.33 bits per heavy atom. The van der Waals surface area contributed by atoms with Gasteiger partial charge in [0.05, 0.1) is 0 Å². The molecule has 1 unspecified atom stereocenters. The number of aliphatic hydroxyl groups excluding tert-OH is 1. The third-order valence-corrected chi connectivity index (χ3v) is 0.847. The molecule has 54 valence electrons. The van der Waals surface area contributed by atoms with Crippen LogP contribution in [0.25, 0.3) is 0 Å². The molecule has 5 nitrogen and oxygen atoms in total. The van der Waals surface area contributed by atoms with Crippen LogP contribution >= 0.6 is 0 Å². The molecule has 2 amide bonds. The summed E-state index contributed by atoms with van der Waals surface area (Å²) in [5, 5.41) is 9.92. The third kappa shape index (κ3) is 3.75. The second kappa shape index (κ2) is 3.26. The smallest absolute Gasteiger partial charge is 0.326 e. The number of rotatable bonds is 2. The van der Waals surface area contributed by atoms with Crippen LogP contribution < -0.4 is 11.2 Å². The summed E-state index contributed by atoms with van der Waals surface area (Å²) in [4.78, 5) is 10.1. The van der Waals surface area contributed by atoms with Crippen molar-refractivity contribution >= 4 is 6.03 Å². The molecule has 9 heavy (non-hydrogen) atoms. The van der Waals surface area contributed by atoms with E-state index in [0.29, 0.717) is 0 Å². The molecule has 0 fully saturated rings. The molecule has 0 heterocycles. The van der Waals surface area contributed by atoms with E-state index in [9.17, 15) is 4.79 Å². The molecular formula is C4H11N3O2. The van der Waals surface area contributed by atoms with Gasteiger partial charge in [-0.15, -0.1) is 0 Å². The molecule has 0 saturated carbocycles. The number of carbonyl (C=O) groups excluding carboxylic acids is 1. The summed E-state index contributed by atoms with van der Waals surface area (Å²) in [6.07, 6.45) is -0.725. The maximum Gasteiger partial charge on any atom is 0.326 e. The van der Waals surface area contributed by atoms with Gasteiger partial charge in [0.15, 0.2) is 0 Å². The summed E-state index contributed by atoms with van der Waals surface area (Å²) in [6, 6.07) is -0.682. The summed E-state index contributed by atoms with van der Waals surface area (Å²) in [5.74, 6) is 0. The van der Waals surface area contributed by atoms with E-state index in [0.717, 1.165) is 0 Å². The predicted molar refractivity (Wildman–Crippen MR) is 32.2 cm³/mol. The van der Waals surface area contributed by atoms with Crippen molar-refractivity contribution in [2.75, 3.05) is 7.05 Å². The van der Waals surface area contributed by atoms with E-state index in [1.54, 1.807) is 0 Å². The van der Waals surface area contributed by atoms with Gasteiger partial charge in [-0.05, 0) is 6.92 Å². The maximum absolute atomic E-state index is 10.1. The van der Waals surface area contributed by atoms with Crippen molar-refractivity contribution in [3.63, 3.8) is 0 Å². The first-order valence-electron chi connectivity index (χ1n) is 2.51. The number of carbonyl (C=O) groups is 1. The number of urea groups is 1. The normalized spacial score (nSPS) is 13.3. The number of primary amides is 1. The lowest BCUT2D eigenvalue weighted by Gasteiger charge is -2.18. The van der Waals surface area contributed by atoms with E-state index in [-0.39, 0.29) is 0 Å². The molecule has 0 saturated heterocycles. The Bertz CT molecular complexity index is 104. The van der Waals surface area contributed by atoms with Gasteiger partial charge in [-0.1, -0.05) is 0 Å². The van der Waals surface area contributed by atoms with Crippen LogP contribution in [0.3, 0.4) is 0 Å². The lowest BCUT2D eigenvalue weighted by atomic mass is 10.6. The number of nitrogens with zero attached hydrogens (tertiary/aromatic N) is 1. The topological polar surface area (TPSA) is 78.6 Å². The second-order valence-corrected chi connectivity index (χ2v) is 1.72. The summed E-state index contributed by atoms with van der Waals surface area (Å²) < 4.78 is 0. The van der Waals surface area contributed by atoms with Crippen LogP contribution in [-0.4, -0.2) is 29.4 Å². The molecule has 4 N–H and O–H groups in total. The third-order valence-electron chi connectivity index (χ3n) is 0.847. The number of hydrazine groups is 1. The fourth-order valence-electron chi connectivity index (χ4n) is 0.267. The minimum Gasteiger partial charge on any atom is -0.377 e. The van der Waals surface area contributed by atoms with Crippen LogP contribution in [0.15, 0.2) is 0 Å². The first kappa shape index (κ1) is 8.19. The number of amides is 2. The molecule has 0 bridgehead atoms. The van der Waals surface area contributed by atoms with E-state index in [2.05, 4.69) is 5.43 Å². The van der Waals surface area contributed by atoms with E-state index >= 15 is 0 Å². The number of hydrogen-bond donors (Lipinski definition) is 3. The molecule has 0 spiro atoms. The highest BCUT2D eigenvalue weighted by atomic mass is 16.3. The average Bonchev–Trinajstić information content (AvgIpc) is 1.63. The number of nitrogens with two attached hydrogens (primary N) is 1. The Morgan fingerprint density at radius 3 is 2.44 bits per heavy atom. The van der Waals surface area contributed by atoms with E-state index in [4.69, 9.17) is 10.8 Å². The summed E-state index contributed by atoms with van der Waals surface area (Å²) in [7, 11) is 1.51. The second-order valence-electron chi connectivity index (χ2n) is 1.72. The molecule has 0 radical (unpaired) electrons. The molecule has 0 aliphatic heterocycles. The van der Waals surface area contributed by atoms with Crippen LogP contribution in [0.1, 0.15) is 6.92 Å². The van der Waals surface area contributed by atoms with Gasteiger partial charge in [-0.2, -0.15) is 5.01 Å². The number of aliphatic hydroxyl groups is 1. The monoisotopic (exact) mass is 133 g/mol. The Hall–Kier alpha value is -0.810. The highest BCUT2D eigenvalue weighted by molar-refractivity contribution is 5.70. The minimum absolute atomic E-state index is 0.682. The summed E-state index contributed by atoms with van der Waals surface area (Å²) in [5.41, 5.74) is 6.89.